The van der Waals surface area contributed by atoms with Gasteiger partial charge in [0.05, 0.1) is 5.76 Å². The molecule has 5 heteroatoms. The minimum absolute atomic E-state index is 0.0491. The molecule has 38 heavy (non-hydrogen) atoms. The Hall–Kier alpha value is -1.78. The highest BCUT2D eigenvalue weighted by Gasteiger charge is 2.68. The first-order valence-electron chi connectivity index (χ1n) is 15.4. The monoisotopic (exact) mass is 525 g/mol. The number of allylic oxidation sites excluding steroid dienone is 2. The van der Waals surface area contributed by atoms with Gasteiger partial charge in [0.1, 0.15) is 11.7 Å². The lowest BCUT2D eigenvalue weighted by Crippen LogP contribution is -2.50. The molecule has 0 unspecified atom stereocenters. The van der Waals surface area contributed by atoms with Crippen LogP contribution in [-0.2, 0) is 19.1 Å². The van der Waals surface area contributed by atoms with E-state index in [4.69, 9.17) is 9.47 Å². The molecule has 5 rings (SSSR count). The smallest absolute Gasteiger partial charge is 0.302 e. The van der Waals surface area contributed by atoms with Crippen molar-refractivity contribution in [2.75, 3.05) is 6.54 Å². The fourth-order valence-electron chi connectivity index (χ4n) is 10.1. The van der Waals surface area contributed by atoms with Crippen LogP contribution in [0.3, 0.4) is 0 Å². The molecule has 1 amide bonds. The molecule has 212 valence electrons. The van der Waals surface area contributed by atoms with Crippen LogP contribution in [0, 0.1) is 40.4 Å². The summed E-state index contributed by atoms with van der Waals surface area (Å²) in [5.41, 5.74) is 3.57. The second kappa shape index (κ2) is 10.0. The molecule has 1 heterocycles. The third-order valence-electron chi connectivity index (χ3n) is 11.9. The van der Waals surface area contributed by atoms with Gasteiger partial charge >= 0.3 is 5.97 Å². The highest BCUT2D eigenvalue weighted by Crippen LogP contribution is 2.72. The van der Waals surface area contributed by atoms with Crippen LogP contribution in [0.25, 0.3) is 0 Å². The fourth-order valence-corrected chi connectivity index (χ4v) is 10.1. The lowest BCUT2D eigenvalue weighted by molar-refractivity contribution is -0.148. The number of carbonyl (C=O) groups is 2. The van der Waals surface area contributed by atoms with Crippen LogP contribution in [0.15, 0.2) is 23.0 Å². The van der Waals surface area contributed by atoms with Gasteiger partial charge in [-0.05, 0) is 98.4 Å². The highest BCUT2D eigenvalue weighted by atomic mass is 16.5. The lowest BCUT2D eigenvalue weighted by atomic mass is 9.47. The Morgan fingerprint density at radius 1 is 1.18 bits per heavy atom. The van der Waals surface area contributed by atoms with Crippen LogP contribution in [0.1, 0.15) is 113 Å². The van der Waals surface area contributed by atoms with Gasteiger partial charge in [0.15, 0.2) is 0 Å². The molecule has 0 spiro atoms. The van der Waals surface area contributed by atoms with E-state index in [0.717, 1.165) is 56.9 Å². The van der Waals surface area contributed by atoms with Crippen molar-refractivity contribution in [2.45, 2.75) is 124 Å². The number of hydrogen-bond acceptors (Lipinski definition) is 4. The normalized spacial score (nSPS) is 42.2. The number of ether oxygens (including phenoxy) is 2. The van der Waals surface area contributed by atoms with Crippen molar-refractivity contribution >= 4 is 11.9 Å². The summed E-state index contributed by atoms with van der Waals surface area (Å²) in [6.07, 6.45) is 13.7. The van der Waals surface area contributed by atoms with Crippen molar-refractivity contribution in [1.29, 1.82) is 0 Å². The summed E-state index contributed by atoms with van der Waals surface area (Å²) in [4.78, 5) is 22.9. The van der Waals surface area contributed by atoms with Crippen molar-refractivity contribution in [3.63, 3.8) is 0 Å². The highest BCUT2D eigenvalue weighted by molar-refractivity contribution is 5.72. The zero-order valence-corrected chi connectivity index (χ0v) is 25.0. The summed E-state index contributed by atoms with van der Waals surface area (Å²) in [6.45, 7) is 15.9. The van der Waals surface area contributed by atoms with E-state index < -0.39 is 0 Å². The molecule has 0 aromatic carbocycles. The number of hydrogen-bond donors (Lipinski definition) is 1. The minimum Gasteiger partial charge on any atom is -0.491 e. The summed E-state index contributed by atoms with van der Waals surface area (Å²) in [5, 5.41) is 2.97. The number of nitrogens with one attached hydrogen (secondary N) is 1. The molecule has 0 aromatic heterocycles. The van der Waals surface area contributed by atoms with Crippen LogP contribution < -0.4 is 5.32 Å². The number of carbonyl (C=O) groups excluding carboxylic acids is 2. The molecule has 0 saturated heterocycles. The van der Waals surface area contributed by atoms with Gasteiger partial charge in [-0.15, -0.1) is 0 Å². The van der Waals surface area contributed by atoms with Gasteiger partial charge in [-0.2, -0.15) is 0 Å². The number of fused-ring (bicyclic) bond motifs is 7. The fraction of sp³-hybridized carbons (Fsp3) is 0.818. The first kappa shape index (κ1) is 27.8. The van der Waals surface area contributed by atoms with Crippen LogP contribution in [0.2, 0.25) is 0 Å². The van der Waals surface area contributed by atoms with E-state index in [1.165, 1.54) is 43.9 Å². The molecular weight excluding hydrogens is 474 g/mol. The van der Waals surface area contributed by atoms with Crippen molar-refractivity contribution < 1.29 is 19.1 Å². The molecular formula is C33H51NO4. The Morgan fingerprint density at radius 2 is 1.95 bits per heavy atom. The summed E-state index contributed by atoms with van der Waals surface area (Å²) < 4.78 is 12.7. The first-order chi connectivity index (χ1) is 17.9. The molecule has 1 aliphatic heterocycles. The Morgan fingerprint density at radius 3 is 2.63 bits per heavy atom. The van der Waals surface area contributed by atoms with Gasteiger partial charge in [-0.1, -0.05) is 39.3 Å². The van der Waals surface area contributed by atoms with Gasteiger partial charge in [-0.25, -0.2) is 0 Å². The minimum atomic E-state index is -0.145. The SMILES string of the molecule is CC[C@@]12C[C@H]3[C@@H]4CC=C5C[C@@H](OC(C)=O)CC[C@]5(C)[C@H]4CC[C@]3(C)[C@H]1C(C)=C(CC[C@@H](C)CNC(C)=O)O2. The van der Waals surface area contributed by atoms with E-state index in [9.17, 15) is 9.59 Å². The third kappa shape index (κ3) is 4.44. The molecule has 5 aliphatic rings. The van der Waals surface area contributed by atoms with E-state index >= 15 is 0 Å². The van der Waals surface area contributed by atoms with E-state index in [1.54, 1.807) is 12.5 Å². The second-order valence-corrected chi connectivity index (χ2v) is 14.1. The Kier molecular flexibility index (Phi) is 7.31. The topological polar surface area (TPSA) is 64.6 Å². The number of amides is 1. The molecule has 1 N–H and O–H groups in total. The standard InChI is InChI=1S/C33H51NO4/c1-8-33-18-28-26-11-10-24-17-25(37-23(5)36)13-15-31(24,6)27(26)14-16-32(28,7)30(33)21(3)29(38-33)12-9-20(2)19-34-22(4)35/h10,20,25-28,30H,8-9,11-19H2,1-7H3,(H,34,35)/t20-,25+,26-,27+,28+,30-,31+,32+,33-/m1/s1. The van der Waals surface area contributed by atoms with Crippen molar-refractivity contribution in [2.24, 2.45) is 40.4 Å². The zero-order valence-electron chi connectivity index (χ0n) is 25.0. The van der Waals surface area contributed by atoms with Crippen LogP contribution in [0.5, 0.6) is 0 Å². The van der Waals surface area contributed by atoms with Gasteiger partial charge < -0.3 is 14.8 Å². The van der Waals surface area contributed by atoms with E-state index in [1.807, 2.05) is 0 Å². The average Bonchev–Trinajstić information content (AvgIpc) is 3.30. The summed E-state index contributed by atoms with van der Waals surface area (Å²) in [5.74, 6) is 4.26. The predicted molar refractivity (Wildman–Crippen MR) is 150 cm³/mol. The second-order valence-electron chi connectivity index (χ2n) is 14.1. The number of esters is 1. The molecule has 5 nitrogen and oxygen atoms in total. The van der Waals surface area contributed by atoms with Crippen LogP contribution in [0.4, 0.5) is 0 Å². The van der Waals surface area contributed by atoms with E-state index in [-0.39, 0.29) is 29.0 Å². The molecule has 0 aromatic rings. The van der Waals surface area contributed by atoms with Crippen molar-refractivity contribution in [3.05, 3.63) is 23.0 Å². The number of rotatable bonds is 7. The largest absolute Gasteiger partial charge is 0.491 e. The molecule has 0 radical (unpaired) electrons. The van der Waals surface area contributed by atoms with Crippen molar-refractivity contribution in [3.8, 4) is 0 Å². The van der Waals surface area contributed by atoms with Gasteiger partial charge in [0, 0.05) is 39.2 Å². The molecule has 9 atom stereocenters. The summed E-state index contributed by atoms with van der Waals surface area (Å²) in [6, 6.07) is 0. The Labute approximate surface area is 230 Å². The van der Waals surface area contributed by atoms with Gasteiger partial charge in [-0.3, -0.25) is 9.59 Å². The quantitative estimate of drug-likeness (QED) is 0.284. The Bertz CT molecular complexity index is 1030. The molecule has 4 aliphatic carbocycles. The maximum absolute atomic E-state index is 11.6. The Balaban J connectivity index is 1.35. The van der Waals surface area contributed by atoms with E-state index in [2.05, 4.69) is 46.0 Å². The average molecular weight is 526 g/mol. The van der Waals surface area contributed by atoms with Gasteiger partial charge in [0.2, 0.25) is 5.91 Å². The maximum Gasteiger partial charge on any atom is 0.302 e. The zero-order chi connectivity index (χ0) is 27.5. The van der Waals surface area contributed by atoms with Gasteiger partial charge in [0.25, 0.3) is 0 Å². The maximum atomic E-state index is 11.6. The third-order valence-corrected chi connectivity index (χ3v) is 11.9. The predicted octanol–water partition coefficient (Wildman–Crippen LogP) is 7.11. The molecule has 3 fully saturated rings. The summed E-state index contributed by atoms with van der Waals surface area (Å²) >= 11 is 0. The van der Waals surface area contributed by atoms with Crippen LogP contribution in [-0.4, -0.2) is 30.1 Å². The van der Waals surface area contributed by atoms with Crippen LogP contribution >= 0.6 is 0 Å². The van der Waals surface area contributed by atoms with E-state index in [0.29, 0.717) is 23.2 Å². The summed E-state index contributed by atoms with van der Waals surface area (Å²) in [7, 11) is 0. The van der Waals surface area contributed by atoms with Crippen molar-refractivity contribution in [1.82, 2.24) is 5.32 Å². The molecule has 0 bridgehead atoms. The lowest BCUT2D eigenvalue weighted by Gasteiger charge is -2.58. The molecule has 3 saturated carbocycles. The first-order valence-corrected chi connectivity index (χ1v) is 15.4.